The van der Waals surface area contributed by atoms with Gasteiger partial charge in [-0.3, -0.25) is 4.90 Å². The van der Waals surface area contributed by atoms with Crippen LogP contribution in [0.15, 0.2) is 48.5 Å². The van der Waals surface area contributed by atoms with Gasteiger partial charge in [0.2, 0.25) is 0 Å². The third-order valence-electron chi connectivity index (χ3n) is 3.29. The van der Waals surface area contributed by atoms with E-state index in [9.17, 15) is 4.39 Å². The third kappa shape index (κ3) is 4.15. The van der Waals surface area contributed by atoms with Gasteiger partial charge in [-0.25, -0.2) is 4.39 Å². The molecule has 2 nitrogen and oxygen atoms in total. The number of nitrogens with one attached hydrogen (secondary N) is 1. The Kier molecular flexibility index (Phi) is 5.27. The van der Waals surface area contributed by atoms with Crippen molar-refractivity contribution in [3.05, 3.63) is 71.0 Å². The second-order valence-electron chi connectivity index (χ2n) is 5.10. The lowest BCUT2D eigenvalue weighted by Crippen LogP contribution is -2.19. The topological polar surface area (TPSA) is 15.3 Å². The molecular weight excluding hydrogens is 251 g/mol. The van der Waals surface area contributed by atoms with E-state index in [0.717, 1.165) is 25.2 Å². The number of nitrogens with zero attached hydrogens (tertiary/aromatic N) is 1. The molecule has 0 bridgehead atoms. The molecule has 20 heavy (non-hydrogen) atoms. The summed E-state index contributed by atoms with van der Waals surface area (Å²) in [4.78, 5) is 2.24. The summed E-state index contributed by atoms with van der Waals surface area (Å²) >= 11 is 0. The molecule has 0 fully saturated rings. The fraction of sp³-hybridized carbons (Fsp3) is 0.294. The predicted molar refractivity (Wildman–Crippen MR) is 80.8 cm³/mol. The molecule has 106 valence electrons. The average molecular weight is 272 g/mol. The lowest BCUT2D eigenvalue weighted by molar-refractivity contribution is 0.317. The fourth-order valence-corrected chi connectivity index (χ4v) is 2.32. The van der Waals surface area contributed by atoms with Gasteiger partial charge < -0.3 is 5.32 Å². The monoisotopic (exact) mass is 272 g/mol. The van der Waals surface area contributed by atoms with Crippen LogP contribution in [-0.2, 0) is 19.6 Å². The van der Waals surface area contributed by atoms with E-state index in [0.29, 0.717) is 0 Å². The molecular formula is C17H21FN2. The maximum atomic E-state index is 12.9. The molecule has 0 unspecified atom stereocenters. The third-order valence-corrected chi connectivity index (χ3v) is 3.29. The lowest BCUT2D eigenvalue weighted by atomic mass is 10.1. The van der Waals surface area contributed by atoms with Crippen LogP contribution in [0.3, 0.4) is 0 Å². The summed E-state index contributed by atoms with van der Waals surface area (Å²) in [5.41, 5.74) is 3.77. The van der Waals surface area contributed by atoms with E-state index in [1.807, 2.05) is 19.2 Å². The molecule has 0 saturated carbocycles. The quantitative estimate of drug-likeness (QED) is 0.869. The smallest absolute Gasteiger partial charge is 0.123 e. The van der Waals surface area contributed by atoms with E-state index in [1.54, 1.807) is 0 Å². The van der Waals surface area contributed by atoms with E-state index < -0.39 is 0 Å². The largest absolute Gasteiger partial charge is 0.316 e. The summed E-state index contributed by atoms with van der Waals surface area (Å²) < 4.78 is 12.9. The maximum Gasteiger partial charge on any atom is 0.123 e. The van der Waals surface area contributed by atoms with Crippen molar-refractivity contribution in [2.45, 2.75) is 19.6 Å². The van der Waals surface area contributed by atoms with Crippen LogP contribution in [0, 0.1) is 5.82 Å². The van der Waals surface area contributed by atoms with Crippen LogP contribution in [-0.4, -0.2) is 19.0 Å². The highest BCUT2D eigenvalue weighted by molar-refractivity contribution is 5.27. The minimum atomic E-state index is -0.184. The highest BCUT2D eigenvalue weighted by atomic mass is 19.1. The molecule has 0 aromatic heterocycles. The number of rotatable bonds is 6. The van der Waals surface area contributed by atoms with Crippen LogP contribution in [0.2, 0.25) is 0 Å². The van der Waals surface area contributed by atoms with Crippen molar-refractivity contribution in [3.63, 3.8) is 0 Å². The van der Waals surface area contributed by atoms with Gasteiger partial charge in [-0.05, 0) is 42.9 Å². The summed E-state index contributed by atoms with van der Waals surface area (Å²) in [5, 5.41) is 3.19. The van der Waals surface area contributed by atoms with Crippen LogP contribution in [0.5, 0.6) is 0 Å². The Bertz CT molecular complexity index is 537. The van der Waals surface area contributed by atoms with Crippen molar-refractivity contribution in [2.24, 2.45) is 0 Å². The normalized spacial score (nSPS) is 11.0. The first kappa shape index (κ1) is 14.7. The predicted octanol–water partition coefficient (Wildman–Crippen LogP) is 3.18. The number of benzene rings is 2. The van der Waals surface area contributed by atoms with E-state index in [2.05, 4.69) is 41.5 Å². The standard InChI is InChI=1S/C17H21FN2/c1-19-11-15-5-3-4-6-16(15)13-20(2)12-14-7-9-17(18)10-8-14/h3-10,19H,11-13H2,1-2H3. The Hall–Kier alpha value is -1.71. The molecule has 2 rings (SSSR count). The van der Waals surface area contributed by atoms with Crippen LogP contribution in [0.1, 0.15) is 16.7 Å². The summed E-state index contributed by atoms with van der Waals surface area (Å²) in [6.07, 6.45) is 0. The van der Waals surface area contributed by atoms with Gasteiger partial charge in [-0.2, -0.15) is 0 Å². The Morgan fingerprint density at radius 1 is 0.950 bits per heavy atom. The molecule has 2 aromatic carbocycles. The van der Waals surface area contributed by atoms with Crippen molar-refractivity contribution < 1.29 is 4.39 Å². The molecule has 2 aromatic rings. The maximum absolute atomic E-state index is 12.9. The zero-order chi connectivity index (χ0) is 14.4. The molecule has 0 saturated heterocycles. The van der Waals surface area contributed by atoms with E-state index in [4.69, 9.17) is 0 Å². The van der Waals surface area contributed by atoms with Crippen LogP contribution in [0.4, 0.5) is 4.39 Å². The van der Waals surface area contributed by atoms with Gasteiger partial charge in [-0.15, -0.1) is 0 Å². The van der Waals surface area contributed by atoms with Gasteiger partial charge in [0.25, 0.3) is 0 Å². The first-order valence-electron chi connectivity index (χ1n) is 6.83. The zero-order valence-electron chi connectivity index (χ0n) is 12.1. The van der Waals surface area contributed by atoms with Crippen molar-refractivity contribution >= 4 is 0 Å². The van der Waals surface area contributed by atoms with Gasteiger partial charge in [0.15, 0.2) is 0 Å². The Morgan fingerprint density at radius 3 is 2.25 bits per heavy atom. The minimum absolute atomic E-state index is 0.184. The van der Waals surface area contributed by atoms with Gasteiger partial charge in [-0.1, -0.05) is 36.4 Å². The lowest BCUT2D eigenvalue weighted by Gasteiger charge is -2.19. The highest BCUT2D eigenvalue weighted by Gasteiger charge is 2.05. The fourth-order valence-electron chi connectivity index (χ4n) is 2.32. The molecule has 0 atom stereocenters. The summed E-state index contributed by atoms with van der Waals surface area (Å²) in [6, 6.07) is 15.1. The first-order chi connectivity index (χ1) is 9.69. The molecule has 0 aliphatic heterocycles. The van der Waals surface area contributed by atoms with Crippen LogP contribution in [0.25, 0.3) is 0 Å². The summed E-state index contributed by atoms with van der Waals surface area (Å²) in [7, 11) is 4.04. The molecule has 0 aliphatic carbocycles. The van der Waals surface area contributed by atoms with Crippen molar-refractivity contribution in [1.82, 2.24) is 10.2 Å². The molecule has 0 amide bonds. The highest BCUT2D eigenvalue weighted by Crippen LogP contribution is 2.13. The molecule has 0 heterocycles. The molecule has 0 spiro atoms. The van der Waals surface area contributed by atoms with Crippen molar-refractivity contribution in [1.29, 1.82) is 0 Å². The Balaban J connectivity index is 2.00. The summed E-state index contributed by atoms with van der Waals surface area (Å²) in [6.45, 7) is 2.57. The molecule has 3 heteroatoms. The molecule has 1 N–H and O–H groups in total. The van der Waals surface area contributed by atoms with Crippen LogP contribution < -0.4 is 5.32 Å². The number of hydrogen-bond acceptors (Lipinski definition) is 2. The van der Waals surface area contributed by atoms with E-state index in [-0.39, 0.29) is 5.82 Å². The first-order valence-corrected chi connectivity index (χ1v) is 6.83. The molecule has 0 radical (unpaired) electrons. The zero-order valence-corrected chi connectivity index (χ0v) is 12.1. The SMILES string of the molecule is CNCc1ccccc1CN(C)Cc1ccc(F)cc1. The Labute approximate surface area is 120 Å². The van der Waals surface area contributed by atoms with Gasteiger partial charge in [0.05, 0.1) is 0 Å². The van der Waals surface area contributed by atoms with Crippen LogP contribution >= 0.6 is 0 Å². The number of halogens is 1. The summed E-state index contributed by atoms with van der Waals surface area (Å²) in [5.74, 6) is -0.184. The average Bonchev–Trinajstić information content (AvgIpc) is 2.44. The Morgan fingerprint density at radius 2 is 1.60 bits per heavy atom. The minimum Gasteiger partial charge on any atom is -0.316 e. The molecule has 0 aliphatic rings. The van der Waals surface area contributed by atoms with Gasteiger partial charge in [0, 0.05) is 19.6 Å². The van der Waals surface area contributed by atoms with E-state index in [1.165, 1.54) is 23.3 Å². The van der Waals surface area contributed by atoms with Gasteiger partial charge >= 0.3 is 0 Å². The van der Waals surface area contributed by atoms with Gasteiger partial charge in [0.1, 0.15) is 5.82 Å². The van der Waals surface area contributed by atoms with Crippen molar-refractivity contribution in [2.75, 3.05) is 14.1 Å². The second-order valence-corrected chi connectivity index (χ2v) is 5.10. The number of hydrogen-bond donors (Lipinski definition) is 1. The van der Waals surface area contributed by atoms with Crippen molar-refractivity contribution in [3.8, 4) is 0 Å². The second kappa shape index (κ2) is 7.17. The van der Waals surface area contributed by atoms with E-state index >= 15 is 0 Å².